The molecule has 2 amide bonds. The molecule has 2 aliphatic rings. The van der Waals surface area contributed by atoms with Crippen molar-refractivity contribution in [1.29, 1.82) is 0 Å². The largest absolute Gasteiger partial charge is 0.495 e. The predicted molar refractivity (Wildman–Crippen MR) is 102 cm³/mol. The van der Waals surface area contributed by atoms with E-state index >= 15 is 0 Å². The summed E-state index contributed by atoms with van der Waals surface area (Å²) in [7, 11) is 1.67. The van der Waals surface area contributed by atoms with E-state index in [-0.39, 0.29) is 6.03 Å². The molecule has 0 spiro atoms. The molecule has 1 saturated carbocycles. The molecule has 0 aromatic heterocycles. The first-order valence-electron chi connectivity index (χ1n) is 9.23. The molecule has 1 aromatic carbocycles. The van der Waals surface area contributed by atoms with Crippen LogP contribution in [-0.2, 0) is 0 Å². The summed E-state index contributed by atoms with van der Waals surface area (Å²) in [4.78, 5) is 16.7. The number of benzene rings is 1. The summed E-state index contributed by atoms with van der Waals surface area (Å²) in [5.74, 6) is 0.788. The topological polar surface area (TPSA) is 44.8 Å². The van der Waals surface area contributed by atoms with Gasteiger partial charge in [0, 0.05) is 43.3 Å². The number of hydrogen-bond donors (Lipinski definition) is 1. The monoisotopic (exact) mass is 365 g/mol. The number of carbonyl (C=O) groups excluding carboxylic acids is 1. The van der Waals surface area contributed by atoms with Crippen molar-refractivity contribution >= 4 is 23.3 Å². The highest BCUT2D eigenvalue weighted by Crippen LogP contribution is 2.34. The number of anilines is 1. The number of ether oxygens (including phenoxy) is 1. The SMILES string of the molecule is COc1cc(Cl)c(C)cc1N1CCN(C(=O)NC2CCCCC2)CC1. The van der Waals surface area contributed by atoms with Gasteiger partial charge in [0.1, 0.15) is 5.75 Å². The van der Waals surface area contributed by atoms with Crippen LogP contribution in [0.2, 0.25) is 5.02 Å². The predicted octanol–water partition coefficient (Wildman–Crippen LogP) is 3.82. The van der Waals surface area contributed by atoms with Gasteiger partial charge in [0.25, 0.3) is 0 Å². The van der Waals surface area contributed by atoms with Crippen molar-refractivity contribution in [3.63, 3.8) is 0 Å². The van der Waals surface area contributed by atoms with Gasteiger partial charge in [-0.3, -0.25) is 0 Å². The molecule has 1 saturated heterocycles. The van der Waals surface area contributed by atoms with Gasteiger partial charge in [-0.1, -0.05) is 30.9 Å². The van der Waals surface area contributed by atoms with E-state index in [2.05, 4.69) is 16.3 Å². The summed E-state index contributed by atoms with van der Waals surface area (Å²) in [5, 5.41) is 3.92. The lowest BCUT2D eigenvalue weighted by Gasteiger charge is -2.37. The number of rotatable bonds is 3. The fourth-order valence-electron chi connectivity index (χ4n) is 3.72. The fraction of sp³-hybridized carbons (Fsp3) is 0.632. The average Bonchev–Trinajstić information content (AvgIpc) is 2.64. The van der Waals surface area contributed by atoms with E-state index in [1.54, 1.807) is 7.11 Å². The zero-order valence-corrected chi connectivity index (χ0v) is 15.9. The van der Waals surface area contributed by atoms with Crippen molar-refractivity contribution in [1.82, 2.24) is 10.2 Å². The maximum atomic E-state index is 12.5. The Hall–Kier alpha value is -1.62. The standard InChI is InChI=1S/C19H28ClN3O2/c1-14-12-17(18(25-2)13-16(14)20)22-8-10-23(11-9-22)19(24)21-15-6-4-3-5-7-15/h12-13,15H,3-11H2,1-2H3,(H,21,24). The van der Waals surface area contributed by atoms with Crippen molar-refractivity contribution in [3.05, 3.63) is 22.7 Å². The Balaban J connectivity index is 1.58. The van der Waals surface area contributed by atoms with Gasteiger partial charge in [0.2, 0.25) is 0 Å². The van der Waals surface area contributed by atoms with Crippen LogP contribution >= 0.6 is 11.6 Å². The van der Waals surface area contributed by atoms with E-state index in [0.717, 1.165) is 56.0 Å². The van der Waals surface area contributed by atoms with E-state index in [1.165, 1.54) is 19.3 Å². The van der Waals surface area contributed by atoms with Crippen LogP contribution in [0.15, 0.2) is 12.1 Å². The number of amides is 2. The molecule has 5 nitrogen and oxygen atoms in total. The van der Waals surface area contributed by atoms with Crippen molar-refractivity contribution in [2.24, 2.45) is 0 Å². The molecular weight excluding hydrogens is 338 g/mol. The quantitative estimate of drug-likeness (QED) is 0.885. The summed E-state index contributed by atoms with van der Waals surface area (Å²) >= 11 is 6.20. The number of nitrogens with zero attached hydrogens (tertiary/aromatic N) is 2. The fourth-order valence-corrected chi connectivity index (χ4v) is 3.88. The highest BCUT2D eigenvalue weighted by molar-refractivity contribution is 6.31. The molecule has 25 heavy (non-hydrogen) atoms. The first kappa shape index (κ1) is 18.2. The number of piperazine rings is 1. The number of carbonyl (C=O) groups is 1. The van der Waals surface area contributed by atoms with Crippen molar-refractivity contribution in [2.45, 2.75) is 45.1 Å². The first-order chi connectivity index (χ1) is 12.1. The lowest BCUT2D eigenvalue weighted by atomic mass is 9.96. The number of nitrogens with one attached hydrogen (secondary N) is 1. The normalized spacial score (nSPS) is 19.0. The average molecular weight is 366 g/mol. The van der Waals surface area contributed by atoms with Crippen LogP contribution in [0.5, 0.6) is 5.75 Å². The molecule has 2 fully saturated rings. The summed E-state index contributed by atoms with van der Waals surface area (Å²) in [6, 6.07) is 4.39. The summed E-state index contributed by atoms with van der Waals surface area (Å²) in [6.45, 7) is 5.05. The van der Waals surface area contributed by atoms with Gasteiger partial charge in [-0.25, -0.2) is 4.79 Å². The molecule has 0 unspecified atom stereocenters. The van der Waals surface area contributed by atoms with Crippen LogP contribution in [-0.4, -0.2) is 50.3 Å². The minimum atomic E-state index is 0.0887. The van der Waals surface area contributed by atoms with Gasteiger partial charge in [0.05, 0.1) is 12.8 Å². The number of halogens is 1. The molecule has 1 aromatic rings. The van der Waals surface area contributed by atoms with Crippen LogP contribution in [0, 0.1) is 6.92 Å². The molecule has 1 N–H and O–H groups in total. The van der Waals surface area contributed by atoms with E-state index in [4.69, 9.17) is 16.3 Å². The van der Waals surface area contributed by atoms with Crippen LogP contribution < -0.4 is 15.0 Å². The minimum Gasteiger partial charge on any atom is -0.495 e. The van der Waals surface area contributed by atoms with Crippen molar-refractivity contribution in [3.8, 4) is 5.75 Å². The maximum Gasteiger partial charge on any atom is 0.317 e. The van der Waals surface area contributed by atoms with Crippen LogP contribution in [0.1, 0.15) is 37.7 Å². The number of methoxy groups -OCH3 is 1. The lowest BCUT2D eigenvalue weighted by molar-refractivity contribution is 0.186. The third-order valence-corrected chi connectivity index (χ3v) is 5.71. The van der Waals surface area contributed by atoms with Gasteiger partial charge in [-0.15, -0.1) is 0 Å². The summed E-state index contributed by atoms with van der Waals surface area (Å²) < 4.78 is 5.49. The minimum absolute atomic E-state index is 0.0887. The third kappa shape index (κ3) is 4.32. The second-order valence-electron chi connectivity index (χ2n) is 7.03. The van der Waals surface area contributed by atoms with Gasteiger partial charge < -0.3 is 19.9 Å². The zero-order valence-electron chi connectivity index (χ0n) is 15.2. The van der Waals surface area contributed by atoms with E-state index in [9.17, 15) is 4.79 Å². The van der Waals surface area contributed by atoms with Gasteiger partial charge >= 0.3 is 6.03 Å². The third-order valence-electron chi connectivity index (χ3n) is 5.30. The number of hydrogen-bond acceptors (Lipinski definition) is 3. The number of aryl methyl sites for hydroxylation is 1. The Morgan fingerprint density at radius 1 is 1.16 bits per heavy atom. The van der Waals surface area contributed by atoms with Crippen LogP contribution in [0.3, 0.4) is 0 Å². The van der Waals surface area contributed by atoms with Crippen LogP contribution in [0.25, 0.3) is 0 Å². The Morgan fingerprint density at radius 2 is 1.84 bits per heavy atom. The molecule has 3 rings (SSSR count). The van der Waals surface area contributed by atoms with Crippen molar-refractivity contribution < 1.29 is 9.53 Å². The molecule has 0 radical (unpaired) electrons. The molecule has 6 heteroatoms. The molecule has 0 bridgehead atoms. The maximum absolute atomic E-state index is 12.5. The Labute approximate surface area is 155 Å². The number of urea groups is 1. The van der Waals surface area contributed by atoms with E-state index in [1.807, 2.05) is 17.9 Å². The summed E-state index contributed by atoms with van der Waals surface area (Å²) in [5.41, 5.74) is 2.09. The molecule has 0 atom stereocenters. The second-order valence-corrected chi connectivity index (χ2v) is 7.44. The van der Waals surface area contributed by atoms with E-state index in [0.29, 0.717) is 11.1 Å². The van der Waals surface area contributed by atoms with Crippen molar-refractivity contribution in [2.75, 3.05) is 38.2 Å². The van der Waals surface area contributed by atoms with Gasteiger partial charge in [0.15, 0.2) is 0 Å². The Kier molecular flexibility index (Phi) is 5.94. The lowest BCUT2D eigenvalue weighted by Crippen LogP contribution is -2.53. The molecule has 1 aliphatic heterocycles. The first-order valence-corrected chi connectivity index (χ1v) is 9.61. The Morgan fingerprint density at radius 3 is 2.48 bits per heavy atom. The molecule has 1 aliphatic carbocycles. The molecular formula is C19H28ClN3O2. The molecule has 138 valence electrons. The highest BCUT2D eigenvalue weighted by atomic mass is 35.5. The van der Waals surface area contributed by atoms with Crippen LogP contribution in [0.4, 0.5) is 10.5 Å². The van der Waals surface area contributed by atoms with E-state index < -0.39 is 0 Å². The van der Waals surface area contributed by atoms with Gasteiger partial charge in [-0.2, -0.15) is 0 Å². The molecule has 1 heterocycles. The Bertz CT molecular complexity index is 609. The summed E-state index contributed by atoms with van der Waals surface area (Å²) in [6.07, 6.45) is 6.00. The van der Waals surface area contributed by atoms with Gasteiger partial charge in [-0.05, 0) is 31.4 Å². The second kappa shape index (κ2) is 8.17. The zero-order chi connectivity index (χ0) is 17.8. The highest BCUT2D eigenvalue weighted by Gasteiger charge is 2.25. The smallest absolute Gasteiger partial charge is 0.317 e.